The molecule has 0 amide bonds. The van der Waals surface area contributed by atoms with Gasteiger partial charge in [0.2, 0.25) is 0 Å². The second kappa shape index (κ2) is 4.90. The van der Waals surface area contributed by atoms with Crippen molar-refractivity contribution in [3.8, 4) is 0 Å². The van der Waals surface area contributed by atoms with Crippen LogP contribution in [0.1, 0.15) is 31.9 Å². The van der Waals surface area contributed by atoms with Crippen LogP contribution < -0.4 is 5.32 Å². The molecule has 0 aliphatic heterocycles. The fourth-order valence-electron chi connectivity index (χ4n) is 1.87. The number of halogens is 1. The fraction of sp³-hybridized carbons (Fsp3) is 0.667. The highest BCUT2D eigenvalue weighted by Gasteiger charge is 2.38. The minimum Gasteiger partial charge on any atom is -0.480 e. The molecule has 0 bridgehead atoms. The number of hydrogen-bond acceptors (Lipinski definition) is 3. The molecule has 0 radical (unpaired) electrons. The zero-order valence-corrected chi connectivity index (χ0v) is 11.4. The molecule has 1 aliphatic rings. The van der Waals surface area contributed by atoms with Gasteiger partial charge in [-0.2, -0.15) is 5.10 Å². The number of aryl methyl sites for hydroxylation is 2. The number of carbonyl (C=O) groups is 1. The van der Waals surface area contributed by atoms with Gasteiger partial charge in [0.15, 0.2) is 0 Å². The molecule has 1 aliphatic carbocycles. The lowest BCUT2D eigenvalue weighted by Gasteiger charge is -2.26. The van der Waals surface area contributed by atoms with E-state index in [1.54, 1.807) is 17.8 Å². The maximum Gasteiger partial charge on any atom is 0.323 e. The number of carboxylic acids is 1. The molecule has 0 saturated heterocycles. The zero-order chi connectivity index (χ0) is 13.3. The number of nitrogens with zero attached hydrogens (tertiary/aromatic N) is 2. The molecule has 0 spiro atoms. The summed E-state index contributed by atoms with van der Waals surface area (Å²) in [5.41, 5.74) is -0.128. The van der Waals surface area contributed by atoms with Crippen molar-refractivity contribution in [1.29, 1.82) is 0 Å². The van der Waals surface area contributed by atoms with Crippen LogP contribution in [0.5, 0.6) is 0 Å². The monoisotopic (exact) mass is 271 g/mol. The molecule has 1 heterocycles. The van der Waals surface area contributed by atoms with Crippen molar-refractivity contribution in [3.05, 3.63) is 16.9 Å². The molecule has 1 saturated carbocycles. The Morgan fingerprint density at radius 2 is 2.39 bits per heavy atom. The molecule has 1 fully saturated rings. The molecule has 100 valence electrons. The highest BCUT2D eigenvalue weighted by Crippen LogP contribution is 2.25. The van der Waals surface area contributed by atoms with E-state index in [1.165, 1.54) is 0 Å². The van der Waals surface area contributed by atoms with Crippen molar-refractivity contribution in [1.82, 2.24) is 15.1 Å². The quantitative estimate of drug-likeness (QED) is 0.828. The fourth-order valence-corrected chi connectivity index (χ4v) is 2.02. The molecule has 18 heavy (non-hydrogen) atoms. The largest absolute Gasteiger partial charge is 0.480 e. The molecule has 5 nitrogen and oxygen atoms in total. The average Bonchev–Trinajstić information content (AvgIpc) is 3.03. The first-order chi connectivity index (χ1) is 8.40. The van der Waals surface area contributed by atoms with E-state index in [0.717, 1.165) is 18.5 Å². The molecule has 1 unspecified atom stereocenters. The smallest absolute Gasteiger partial charge is 0.323 e. The van der Waals surface area contributed by atoms with E-state index < -0.39 is 11.5 Å². The van der Waals surface area contributed by atoms with Crippen LogP contribution >= 0.6 is 11.6 Å². The third kappa shape index (κ3) is 3.03. The van der Waals surface area contributed by atoms with Gasteiger partial charge in [-0.05, 0) is 33.1 Å². The second-order valence-corrected chi connectivity index (χ2v) is 5.54. The molecule has 1 aromatic rings. The van der Waals surface area contributed by atoms with Gasteiger partial charge in [-0.1, -0.05) is 11.6 Å². The van der Waals surface area contributed by atoms with Gasteiger partial charge in [-0.3, -0.25) is 14.8 Å². The number of aliphatic carboxylic acids is 1. The van der Waals surface area contributed by atoms with Gasteiger partial charge in [0.05, 0.1) is 10.7 Å². The second-order valence-electron chi connectivity index (χ2n) is 5.13. The molecule has 1 aromatic heterocycles. The summed E-state index contributed by atoms with van der Waals surface area (Å²) in [6.45, 7) is 4.10. The van der Waals surface area contributed by atoms with Gasteiger partial charge in [-0.25, -0.2) is 0 Å². The van der Waals surface area contributed by atoms with Crippen molar-refractivity contribution in [2.75, 3.05) is 0 Å². The van der Waals surface area contributed by atoms with E-state index in [9.17, 15) is 9.90 Å². The van der Waals surface area contributed by atoms with E-state index in [0.29, 0.717) is 24.0 Å². The van der Waals surface area contributed by atoms with Crippen LogP contribution in [0.4, 0.5) is 0 Å². The van der Waals surface area contributed by atoms with Crippen molar-refractivity contribution >= 4 is 17.6 Å². The summed E-state index contributed by atoms with van der Waals surface area (Å²) in [6.07, 6.45) is 4.34. The number of rotatable bonds is 6. The predicted molar refractivity (Wildman–Crippen MR) is 68.8 cm³/mol. The van der Waals surface area contributed by atoms with Gasteiger partial charge in [0.1, 0.15) is 5.54 Å². The Morgan fingerprint density at radius 1 is 1.72 bits per heavy atom. The predicted octanol–water partition coefficient (Wildman–Crippen LogP) is 1.83. The topological polar surface area (TPSA) is 67.2 Å². The van der Waals surface area contributed by atoms with Crippen molar-refractivity contribution in [2.45, 2.75) is 51.2 Å². The maximum absolute atomic E-state index is 11.4. The number of nitrogens with one attached hydrogen (secondary N) is 1. The van der Waals surface area contributed by atoms with Crippen LogP contribution in [-0.4, -0.2) is 32.4 Å². The van der Waals surface area contributed by atoms with E-state index in [2.05, 4.69) is 10.4 Å². The normalized spacial score (nSPS) is 18.6. The van der Waals surface area contributed by atoms with Crippen molar-refractivity contribution < 1.29 is 9.90 Å². The Labute approximate surface area is 111 Å². The van der Waals surface area contributed by atoms with E-state index in [4.69, 9.17) is 11.6 Å². The average molecular weight is 272 g/mol. The molecule has 2 N–H and O–H groups in total. The SMILES string of the molecule is Cc1nn(CCC(C)(NC2CC2)C(=O)O)cc1Cl. The van der Waals surface area contributed by atoms with Crippen LogP contribution in [0.3, 0.4) is 0 Å². The first-order valence-corrected chi connectivity index (χ1v) is 6.49. The standard InChI is InChI=1S/C12H18ClN3O2/c1-8-10(13)7-16(15-8)6-5-12(2,11(17)18)14-9-3-4-9/h7,9,14H,3-6H2,1-2H3,(H,17,18). The summed E-state index contributed by atoms with van der Waals surface area (Å²) in [4.78, 5) is 11.4. The summed E-state index contributed by atoms with van der Waals surface area (Å²) < 4.78 is 1.70. The lowest BCUT2D eigenvalue weighted by molar-refractivity contribution is -0.144. The third-order valence-corrected chi connectivity index (χ3v) is 3.67. The Morgan fingerprint density at radius 3 is 2.83 bits per heavy atom. The minimum atomic E-state index is -0.895. The third-order valence-electron chi connectivity index (χ3n) is 3.30. The van der Waals surface area contributed by atoms with Crippen LogP contribution in [0.15, 0.2) is 6.20 Å². The summed E-state index contributed by atoms with van der Waals surface area (Å²) in [5.74, 6) is -0.815. The van der Waals surface area contributed by atoms with Crippen molar-refractivity contribution in [3.63, 3.8) is 0 Å². The van der Waals surface area contributed by atoms with Gasteiger partial charge in [-0.15, -0.1) is 0 Å². The summed E-state index contributed by atoms with van der Waals surface area (Å²) in [5, 5.41) is 17.4. The summed E-state index contributed by atoms with van der Waals surface area (Å²) >= 11 is 5.92. The van der Waals surface area contributed by atoms with Crippen LogP contribution in [0, 0.1) is 6.92 Å². The first-order valence-electron chi connectivity index (χ1n) is 6.11. The highest BCUT2D eigenvalue weighted by molar-refractivity contribution is 6.31. The Balaban J connectivity index is 1.98. The van der Waals surface area contributed by atoms with Gasteiger partial charge in [0.25, 0.3) is 0 Å². The van der Waals surface area contributed by atoms with Gasteiger partial charge >= 0.3 is 5.97 Å². The van der Waals surface area contributed by atoms with E-state index >= 15 is 0 Å². The van der Waals surface area contributed by atoms with E-state index in [1.807, 2.05) is 6.92 Å². The Bertz CT molecular complexity index is 437. The van der Waals surface area contributed by atoms with E-state index in [-0.39, 0.29) is 0 Å². The van der Waals surface area contributed by atoms with Crippen LogP contribution in [-0.2, 0) is 11.3 Å². The molecule has 2 rings (SSSR count). The molecule has 0 aromatic carbocycles. The molecular weight excluding hydrogens is 254 g/mol. The van der Waals surface area contributed by atoms with Gasteiger partial charge in [0, 0.05) is 18.8 Å². The number of carboxylic acid groups (broad SMARTS) is 1. The molecule has 6 heteroatoms. The lowest BCUT2D eigenvalue weighted by Crippen LogP contribution is -2.51. The number of aromatic nitrogens is 2. The highest BCUT2D eigenvalue weighted by atomic mass is 35.5. The zero-order valence-electron chi connectivity index (χ0n) is 10.6. The van der Waals surface area contributed by atoms with Gasteiger partial charge < -0.3 is 5.11 Å². The first kappa shape index (κ1) is 13.4. The Hall–Kier alpha value is -1.07. The van der Waals surface area contributed by atoms with Crippen molar-refractivity contribution in [2.24, 2.45) is 0 Å². The van der Waals surface area contributed by atoms with Crippen LogP contribution in [0.2, 0.25) is 5.02 Å². The Kier molecular flexibility index (Phi) is 3.64. The molecule has 1 atom stereocenters. The minimum absolute atomic E-state index is 0.356. The molecular formula is C12H18ClN3O2. The maximum atomic E-state index is 11.4. The summed E-state index contributed by atoms with van der Waals surface area (Å²) in [6, 6.07) is 0.356. The lowest BCUT2D eigenvalue weighted by atomic mass is 9.98. The number of hydrogen-bond donors (Lipinski definition) is 2. The van der Waals surface area contributed by atoms with Crippen LogP contribution in [0.25, 0.3) is 0 Å². The summed E-state index contributed by atoms with van der Waals surface area (Å²) in [7, 11) is 0.